The number of rotatable bonds is 5. The minimum atomic E-state index is -0.531. The molecule has 0 aliphatic carbocycles. The van der Waals surface area contributed by atoms with Gasteiger partial charge >= 0.3 is 0 Å². The minimum absolute atomic E-state index is 0.251. The van der Waals surface area contributed by atoms with Crippen LogP contribution >= 0.6 is 33.9 Å². The van der Waals surface area contributed by atoms with Crippen molar-refractivity contribution in [3.05, 3.63) is 85.3 Å². The van der Waals surface area contributed by atoms with Gasteiger partial charge in [-0.1, -0.05) is 36.4 Å². The smallest absolute Gasteiger partial charge is 0.256 e. The van der Waals surface area contributed by atoms with Crippen LogP contribution in [0.5, 0.6) is 0 Å². The lowest BCUT2D eigenvalue weighted by molar-refractivity contribution is 0.100. The van der Waals surface area contributed by atoms with Crippen molar-refractivity contribution in [1.82, 2.24) is 0 Å². The molecular formula is C20H17IN2O2S. The highest BCUT2D eigenvalue weighted by Crippen LogP contribution is 2.34. The van der Waals surface area contributed by atoms with Crippen molar-refractivity contribution in [1.29, 1.82) is 0 Å². The first-order valence-electron chi connectivity index (χ1n) is 7.98. The molecule has 4 nitrogen and oxygen atoms in total. The molecule has 0 spiro atoms. The van der Waals surface area contributed by atoms with E-state index in [-0.39, 0.29) is 5.91 Å². The average molecular weight is 476 g/mol. The summed E-state index contributed by atoms with van der Waals surface area (Å²) in [6, 6.07) is 17.3. The Labute approximate surface area is 169 Å². The fourth-order valence-electron chi connectivity index (χ4n) is 2.70. The zero-order chi connectivity index (χ0) is 18.7. The normalized spacial score (nSPS) is 10.5. The molecule has 0 atom stereocenters. The predicted octanol–water partition coefficient (Wildman–Crippen LogP) is 4.60. The third-order valence-corrected chi connectivity index (χ3v) is 5.89. The zero-order valence-electron chi connectivity index (χ0n) is 14.1. The standard InChI is InChI=1S/C20H17IN2O2S/c1-12-16(10-13-6-3-2-4-7-13)26-20(17(12)18(22)24)23-19(25)14-8-5-9-15(21)11-14/h2-9,11H,10H2,1H3,(H2,22,24)(H,23,25). The van der Waals surface area contributed by atoms with Gasteiger partial charge in [0.2, 0.25) is 0 Å². The molecule has 2 amide bonds. The van der Waals surface area contributed by atoms with Crippen LogP contribution in [0, 0.1) is 10.5 Å². The van der Waals surface area contributed by atoms with Gasteiger partial charge in [-0.2, -0.15) is 0 Å². The number of primary amides is 1. The van der Waals surface area contributed by atoms with E-state index in [4.69, 9.17) is 5.73 Å². The van der Waals surface area contributed by atoms with Crippen LogP contribution in [0.15, 0.2) is 54.6 Å². The molecule has 0 aliphatic heterocycles. The third kappa shape index (κ3) is 4.13. The number of hydrogen-bond acceptors (Lipinski definition) is 3. The van der Waals surface area contributed by atoms with Crippen molar-refractivity contribution in [3.63, 3.8) is 0 Å². The van der Waals surface area contributed by atoms with Gasteiger partial charge in [0.05, 0.1) is 5.56 Å². The molecule has 132 valence electrons. The Hall–Kier alpha value is -2.19. The van der Waals surface area contributed by atoms with Crippen LogP contribution in [0.2, 0.25) is 0 Å². The first-order chi connectivity index (χ1) is 12.5. The molecule has 0 unspecified atom stereocenters. The molecular weight excluding hydrogens is 459 g/mol. The highest BCUT2D eigenvalue weighted by atomic mass is 127. The summed E-state index contributed by atoms with van der Waals surface area (Å²) < 4.78 is 0.970. The van der Waals surface area contributed by atoms with E-state index in [0.29, 0.717) is 22.5 Å². The first kappa shape index (κ1) is 18.6. The monoisotopic (exact) mass is 476 g/mol. The Morgan fingerprint density at radius 2 is 1.85 bits per heavy atom. The third-order valence-electron chi connectivity index (χ3n) is 4.01. The van der Waals surface area contributed by atoms with E-state index in [0.717, 1.165) is 19.6 Å². The maximum Gasteiger partial charge on any atom is 0.256 e. The summed E-state index contributed by atoms with van der Waals surface area (Å²) >= 11 is 3.56. The van der Waals surface area contributed by atoms with Gasteiger partial charge in [0.25, 0.3) is 11.8 Å². The summed E-state index contributed by atoms with van der Waals surface area (Å²) in [5, 5.41) is 3.36. The minimum Gasteiger partial charge on any atom is -0.365 e. The largest absolute Gasteiger partial charge is 0.365 e. The number of amides is 2. The van der Waals surface area contributed by atoms with Crippen LogP contribution < -0.4 is 11.1 Å². The Morgan fingerprint density at radius 3 is 2.50 bits per heavy atom. The van der Waals surface area contributed by atoms with Crippen molar-refractivity contribution in [2.45, 2.75) is 13.3 Å². The number of anilines is 1. The van der Waals surface area contributed by atoms with Crippen molar-refractivity contribution < 1.29 is 9.59 Å². The predicted molar refractivity (Wildman–Crippen MR) is 114 cm³/mol. The van der Waals surface area contributed by atoms with Crippen LogP contribution in [0.3, 0.4) is 0 Å². The number of nitrogens with one attached hydrogen (secondary N) is 1. The van der Waals surface area contributed by atoms with E-state index in [1.807, 2.05) is 49.4 Å². The molecule has 0 radical (unpaired) electrons. The topological polar surface area (TPSA) is 72.2 Å². The highest BCUT2D eigenvalue weighted by molar-refractivity contribution is 14.1. The van der Waals surface area contributed by atoms with Crippen LogP contribution in [0.1, 0.15) is 36.7 Å². The van der Waals surface area contributed by atoms with E-state index in [2.05, 4.69) is 27.9 Å². The Balaban J connectivity index is 1.92. The van der Waals surface area contributed by atoms with Gasteiger partial charge in [0, 0.05) is 20.4 Å². The molecule has 1 heterocycles. The van der Waals surface area contributed by atoms with Gasteiger partial charge in [-0.25, -0.2) is 0 Å². The van der Waals surface area contributed by atoms with Gasteiger partial charge in [-0.15, -0.1) is 11.3 Å². The number of nitrogens with two attached hydrogens (primary N) is 1. The molecule has 3 aromatic rings. The molecule has 0 saturated heterocycles. The van der Waals surface area contributed by atoms with Crippen LogP contribution in [0.25, 0.3) is 0 Å². The zero-order valence-corrected chi connectivity index (χ0v) is 17.1. The molecule has 1 aromatic heterocycles. The summed E-state index contributed by atoms with van der Waals surface area (Å²) in [7, 11) is 0. The molecule has 3 N–H and O–H groups in total. The summed E-state index contributed by atoms with van der Waals surface area (Å²) in [4.78, 5) is 25.5. The van der Waals surface area contributed by atoms with E-state index in [1.165, 1.54) is 11.3 Å². The molecule has 6 heteroatoms. The second kappa shape index (κ2) is 8.01. The Bertz CT molecular complexity index is 967. The quantitative estimate of drug-likeness (QED) is 0.529. The fraction of sp³-hybridized carbons (Fsp3) is 0.100. The SMILES string of the molecule is Cc1c(Cc2ccccc2)sc(NC(=O)c2cccc(I)c2)c1C(N)=O. The number of halogens is 1. The second-order valence-electron chi connectivity index (χ2n) is 5.85. The molecule has 26 heavy (non-hydrogen) atoms. The maximum atomic E-state index is 12.6. The molecule has 0 aliphatic rings. The van der Waals surface area contributed by atoms with E-state index in [1.54, 1.807) is 12.1 Å². The number of benzene rings is 2. The second-order valence-corrected chi connectivity index (χ2v) is 8.20. The number of hydrogen-bond donors (Lipinski definition) is 2. The van der Waals surface area contributed by atoms with Gasteiger partial charge in [0.1, 0.15) is 5.00 Å². The lowest BCUT2D eigenvalue weighted by atomic mass is 10.1. The van der Waals surface area contributed by atoms with Gasteiger partial charge in [-0.3, -0.25) is 9.59 Å². The molecule has 0 fully saturated rings. The van der Waals surface area contributed by atoms with Crippen molar-refractivity contribution in [2.24, 2.45) is 5.73 Å². The van der Waals surface area contributed by atoms with Gasteiger partial charge < -0.3 is 11.1 Å². The fourth-order valence-corrected chi connectivity index (χ4v) is 4.48. The van der Waals surface area contributed by atoms with E-state index < -0.39 is 5.91 Å². The van der Waals surface area contributed by atoms with Crippen molar-refractivity contribution >= 4 is 50.7 Å². The van der Waals surface area contributed by atoms with Crippen LogP contribution in [-0.4, -0.2) is 11.8 Å². The number of thiophene rings is 1. The van der Waals surface area contributed by atoms with Gasteiger partial charge in [0.15, 0.2) is 0 Å². The highest BCUT2D eigenvalue weighted by Gasteiger charge is 2.21. The Morgan fingerprint density at radius 1 is 1.12 bits per heavy atom. The molecule has 3 rings (SSSR count). The van der Waals surface area contributed by atoms with E-state index >= 15 is 0 Å². The van der Waals surface area contributed by atoms with Crippen molar-refractivity contribution in [2.75, 3.05) is 5.32 Å². The molecule has 2 aromatic carbocycles. The van der Waals surface area contributed by atoms with Crippen LogP contribution in [0.4, 0.5) is 5.00 Å². The number of carbonyl (C=O) groups excluding carboxylic acids is 2. The summed E-state index contributed by atoms with van der Waals surface area (Å²) in [6.45, 7) is 1.87. The molecule has 0 saturated carbocycles. The Kier molecular flexibility index (Phi) is 5.73. The lowest BCUT2D eigenvalue weighted by Crippen LogP contribution is -2.17. The summed E-state index contributed by atoms with van der Waals surface area (Å²) in [5.41, 5.74) is 8.47. The number of carbonyl (C=O) groups is 2. The maximum absolute atomic E-state index is 12.6. The average Bonchev–Trinajstić information content (AvgIpc) is 2.91. The van der Waals surface area contributed by atoms with Crippen LogP contribution in [-0.2, 0) is 6.42 Å². The van der Waals surface area contributed by atoms with Crippen molar-refractivity contribution in [3.8, 4) is 0 Å². The summed E-state index contributed by atoms with van der Waals surface area (Å²) in [5.74, 6) is -0.783. The lowest BCUT2D eigenvalue weighted by Gasteiger charge is -2.05. The summed E-state index contributed by atoms with van der Waals surface area (Å²) in [6.07, 6.45) is 0.691. The molecule has 0 bridgehead atoms. The van der Waals surface area contributed by atoms with E-state index in [9.17, 15) is 9.59 Å². The van der Waals surface area contributed by atoms with Gasteiger partial charge in [-0.05, 0) is 58.8 Å². The first-order valence-corrected chi connectivity index (χ1v) is 9.88.